The average Bonchev–Trinajstić information content (AvgIpc) is 2.53. The Morgan fingerprint density at radius 1 is 1.07 bits per heavy atom. The number of carboxylic acid groups (broad SMARTS) is 2. The molecule has 2 N–H and O–H groups in total. The molecule has 2 bridgehead atoms. The Bertz CT molecular complexity index is 555. The fourth-order valence-electron chi connectivity index (χ4n) is 3.35. The monoisotopic (exact) mass is 423 g/mol. The maximum Gasteiger partial charge on any atom is 0.317 e. The SMILES string of the molecule is CN1CCCN(CC(=O)O)CC2=CC=CC(CN(CC(=O)O)CCC1)[N-]2.[Ni]. The van der Waals surface area contributed by atoms with Crippen LogP contribution in [-0.4, -0.2) is 102 Å². The molecule has 2 aliphatic rings. The molecule has 2 rings (SSSR count). The number of carbonyl (C=O) groups is 2. The summed E-state index contributed by atoms with van der Waals surface area (Å²) in [5.41, 5.74) is 0.847. The summed E-state index contributed by atoms with van der Waals surface area (Å²) in [5, 5.41) is 23.0. The maximum atomic E-state index is 11.2. The Kier molecular flexibility index (Phi) is 10.6. The topological polar surface area (TPSA) is 98.4 Å². The number of allylic oxidation sites excluding steroid dienone is 2. The Labute approximate surface area is 170 Å². The third-order valence-electron chi connectivity index (χ3n) is 4.53. The third kappa shape index (κ3) is 9.38. The van der Waals surface area contributed by atoms with Crippen LogP contribution >= 0.6 is 0 Å². The fraction of sp³-hybridized carbons (Fsp3) is 0.667. The number of aliphatic carboxylic acids is 2. The first kappa shape index (κ1) is 23.6. The number of carboxylic acids is 2. The van der Waals surface area contributed by atoms with Crippen LogP contribution in [0.4, 0.5) is 0 Å². The number of hydrogen-bond acceptors (Lipinski definition) is 5. The van der Waals surface area contributed by atoms with E-state index in [1.54, 1.807) is 0 Å². The zero-order chi connectivity index (χ0) is 18.9. The molecule has 1 saturated heterocycles. The molecule has 2 aliphatic heterocycles. The molecule has 0 spiro atoms. The van der Waals surface area contributed by atoms with Gasteiger partial charge in [0.1, 0.15) is 0 Å². The van der Waals surface area contributed by atoms with Gasteiger partial charge >= 0.3 is 11.9 Å². The Balaban J connectivity index is 0.00000364. The van der Waals surface area contributed by atoms with Gasteiger partial charge in [0.05, 0.1) is 13.1 Å². The van der Waals surface area contributed by atoms with E-state index in [9.17, 15) is 9.59 Å². The first-order valence-electron chi connectivity index (χ1n) is 9.07. The van der Waals surface area contributed by atoms with E-state index in [0.717, 1.165) is 38.2 Å². The Hall–Kier alpha value is -1.41. The Morgan fingerprint density at radius 2 is 1.67 bits per heavy atom. The first-order valence-corrected chi connectivity index (χ1v) is 9.07. The summed E-state index contributed by atoms with van der Waals surface area (Å²) < 4.78 is 0. The van der Waals surface area contributed by atoms with Crippen molar-refractivity contribution in [3.8, 4) is 0 Å². The molecule has 1 unspecified atom stereocenters. The van der Waals surface area contributed by atoms with E-state index >= 15 is 0 Å². The molecule has 8 nitrogen and oxygen atoms in total. The summed E-state index contributed by atoms with van der Waals surface area (Å²) in [6.07, 6.45) is 7.59. The third-order valence-corrected chi connectivity index (χ3v) is 4.53. The van der Waals surface area contributed by atoms with Gasteiger partial charge in [-0.1, -0.05) is 24.3 Å². The van der Waals surface area contributed by atoms with E-state index in [-0.39, 0.29) is 35.6 Å². The zero-order valence-corrected chi connectivity index (χ0v) is 16.7. The summed E-state index contributed by atoms with van der Waals surface area (Å²) >= 11 is 0. The van der Waals surface area contributed by atoms with Crippen LogP contribution in [-0.2, 0) is 26.1 Å². The van der Waals surface area contributed by atoms with Crippen molar-refractivity contribution in [2.75, 3.05) is 59.4 Å². The van der Waals surface area contributed by atoms with Gasteiger partial charge in [-0.05, 0) is 46.1 Å². The van der Waals surface area contributed by atoms with E-state index in [4.69, 9.17) is 15.5 Å². The molecule has 1 atom stereocenters. The molecule has 9 heteroatoms. The molecule has 0 amide bonds. The van der Waals surface area contributed by atoms with Crippen molar-refractivity contribution in [3.63, 3.8) is 0 Å². The summed E-state index contributed by atoms with van der Waals surface area (Å²) in [6, 6.07) is -0.0956. The number of fused-ring (bicyclic) bond motifs is 2. The molecule has 0 saturated carbocycles. The van der Waals surface area contributed by atoms with Crippen molar-refractivity contribution in [1.82, 2.24) is 14.7 Å². The van der Waals surface area contributed by atoms with Gasteiger partial charge < -0.3 is 20.4 Å². The van der Waals surface area contributed by atoms with Crippen LogP contribution in [0.25, 0.3) is 5.32 Å². The van der Waals surface area contributed by atoms with Crippen LogP contribution in [0.2, 0.25) is 0 Å². The molecule has 0 aromatic heterocycles. The van der Waals surface area contributed by atoms with Gasteiger partial charge in [0, 0.05) is 29.6 Å². The van der Waals surface area contributed by atoms with E-state index in [2.05, 4.69) is 4.90 Å². The predicted octanol–water partition coefficient (Wildman–Crippen LogP) is 0.679. The Morgan fingerprint density at radius 3 is 2.30 bits per heavy atom. The molecule has 0 aliphatic carbocycles. The van der Waals surface area contributed by atoms with Crippen molar-refractivity contribution >= 4 is 11.9 Å². The van der Waals surface area contributed by atoms with Gasteiger partial charge in [-0.2, -0.15) is 0 Å². The van der Waals surface area contributed by atoms with E-state index < -0.39 is 11.9 Å². The fourth-order valence-corrected chi connectivity index (χ4v) is 3.35. The predicted molar refractivity (Wildman–Crippen MR) is 99.3 cm³/mol. The molecule has 1 fully saturated rings. The summed E-state index contributed by atoms with van der Waals surface area (Å²) in [6.45, 7) is 4.26. The van der Waals surface area contributed by atoms with Gasteiger partial charge in [0.25, 0.3) is 0 Å². The van der Waals surface area contributed by atoms with Crippen molar-refractivity contribution in [2.24, 2.45) is 0 Å². The van der Waals surface area contributed by atoms with Crippen LogP contribution in [0.15, 0.2) is 23.9 Å². The second kappa shape index (κ2) is 12.1. The second-order valence-electron chi connectivity index (χ2n) is 6.98. The normalized spacial score (nSPS) is 23.4. The van der Waals surface area contributed by atoms with E-state index in [1.807, 2.05) is 35.1 Å². The smallest absolute Gasteiger partial charge is 0.317 e. The van der Waals surface area contributed by atoms with Gasteiger partial charge in [-0.15, -0.1) is 5.70 Å². The quantitative estimate of drug-likeness (QED) is 0.641. The second-order valence-corrected chi connectivity index (χ2v) is 6.98. The minimum Gasteiger partial charge on any atom is -0.680 e. The number of nitrogens with zero attached hydrogens (tertiary/aromatic N) is 4. The summed E-state index contributed by atoms with van der Waals surface area (Å²) in [5.74, 6) is -1.67. The van der Waals surface area contributed by atoms with Crippen LogP contribution < -0.4 is 0 Å². The van der Waals surface area contributed by atoms with E-state index in [0.29, 0.717) is 19.6 Å². The minimum absolute atomic E-state index is 0. The van der Waals surface area contributed by atoms with Crippen LogP contribution in [0, 0.1) is 0 Å². The van der Waals surface area contributed by atoms with Crippen LogP contribution in [0.5, 0.6) is 0 Å². The molecule has 2 heterocycles. The maximum absolute atomic E-state index is 11.2. The van der Waals surface area contributed by atoms with Gasteiger partial charge in [-0.3, -0.25) is 19.4 Å². The molecule has 0 aromatic rings. The molecule has 156 valence electrons. The molecule has 27 heavy (non-hydrogen) atoms. The largest absolute Gasteiger partial charge is 0.680 e. The van der Waals surface area contributed by atoms with Crippen molar-refractivity contribution in [3.05, 3.63) is 29.2 Å². The summed E-state index contributed by atoms with van der Waals surface area (Å²) in [4.78, 5) is 28.4. The molecule has 0 radical (unpaired) electrons. The first-order chi connectivity index (χ1) is 12.4. The average molecular weight is 424 g/mol. The molecular formula is C18H29N4NiO4-. The van der Waals surface area contributed by atoms with Gasteiger partial charge in [-0.25, -0.2) is 0 Å². The zero-order valence-electron chi connectivity index (χ0n) is 15.7. The van der Waals surface area contributed by atoms with Crippen LogP contribution in [0.1, 0.15) is 12.8 Å². The standard InChI is InChI=1S/C18H29N4O4.Ni/c1-20-7-3-9-21(13-17(23)24)11-15-5-2-6-16(19-15)12-22(10-4-8-20)14-18(25)26;/h2,5-6,15H,3-4,7-14H2,1H3,(H,23,24)(H,25,26);/q-1;. The molecule has 0 aromatic carbocycles. The van der Waals surface area contributed by atoms with Crippen LogP contribution in [0.3, 0.4) is 0 Å². The number of hydrogen-bond donors (Lipinski definition) is 2. The summed E-state index contributed by atoms with van der Waals surface area (Å²) in [7, 11) is 2.05. The molecular weight excluding hydrogens is 395 g/mol. The minimum atomic E-state index is -0.837. The number of rotatable bonds is 4. The van der Waals surface area contributed by atoms with Crippen molar-refractivity contribution in [1.29, 1.82) is 0 Å². The van der Waals surface area contributed by atoms with Crippen molar-refractivity contribution < 1.29 is 36.3 Å². The van der Waals surface area contributed by atoms with Crippen molar-refractivity contribution in [2.45, 2.75) is 18.9 Å². The van der Waals surface area contributed by atoms with Gasteiger partial charge in [0.2, 0.25) is 0 Å². The van der Waals surface area contributed by atoms with E-state index in [1.165, 1.54) is 0 Å². The van der Waals surface area contributed by atoms with Gasteiger partial charge in [0.15, 0.2) is 0 Å².